The zero-order valence-corrected chi connectivity index (χ0v) is 21.9. The standard InChI is InChI=1S/C29H32N4O5/c1-4-17-38-26-16-13-24(18-27(26)37-5-2)29-31(19-22-9-7-6-8-10-22)20-28(34)32(29)30-21(3)23-11-14-25(15-12-23)33(35)36/h6-16,18,29H,4-5,17,19-20H2,1-3H3/b30-21-/t29-/m0/s1. The van der Waals surface area contributed by atoms with E-state index in [-0.39, 0.29) is 18.1 Å². The maximum absolute atomic E-state index is 13.3. The number of ether oxygens (including phenoxy) is 2. The van der Waals surface area contributed by atoms with Gasteiger partial charge in [-0.3, -0.25) is 19.8 Å². The molecule has 1 heterocycles. The number of carbonyl (C=O) groups is 1. The number of nitrogens with zero attached hydrogens (tertiary/aromatic N) is 4. The first-order chi connectivity index (χ1) is 18.4. The smallest absolute Gasteiger partial charge is 0.269 e. The maximum atomic E-state index is 13.3. The molecule has 0 aliphatic carbocycles. The Bertz CT molecular complexity index is 1290. The molecular formula is C29H32N4O5. The van der Waals surface area contributed by atoms with E-state index in [1.54, 1.807) is 19.1 Å². The summed E-state index contributed by atoms with van der Waals surface area (Å²) in [4.78, 5) is 26.0. The van der Waals surface area contributed by atoms with E-state index < -0.39 is 11.1 Å². The van der Waals surface area contributed by atoms with E-state index in [9.17, 15) is 14.9 Å². The first-order valence-electron chi connectivity index (χ1n) is 12.7. The molecule has 3 aromatic carbocycles. The van der Waals surface area contributed by atoms with Gasteiger partial charge in [0.25, 0.3) is 11.6 Å². The number of nitro groups is 1. The Labute approximate surface area is 222 Å². The molecule has 9 nitrogen and oxygen atoms in total. The molecule has 0 saturated carbocycles. The normalized spacial score (nSPS) is 16.1. The number of non-ortho nitro benzene ring substituents is 1. The summed E-state index contributed by atoms with van der Waals surface area (Å²) in [5.74, 6) is 1.14. The van der Waals surface area contributed by atoms with Crippen molar-refractivity contribution < 1.29 is 19.2 Å². The van der Waals surface area contributed by atoms with Crippen LogP contribution in [0.1, 0.15) is 50.0 Å². The van der Waals surface area contributed by atoms with Crippen LogP contribution in [0.2, 0.25) is 0 Å². The third-order valence-corrected chi connectivity index (χ3v) is 6.18. The van der Waals surface area contributed by atoms with Gasteiger partial charge in [0.1, 0.15) is 6.17 Å². The summed E-state index contributed by atoms with van der Waals surface area (Å²) in [5, 5.41) is 17.3. The van der Waals surface area contributed by atoms with Crippen molar-refractivity contribution >= 4 is 17.3 Å². The topological polar surface area (TPSA) is 97.5 Å². The fraction of sp³-hybridized carbons (Fsp3) is 0.310. The molecule has 1 aliphatic rings. The second-order valence-electron chi connectivity index (χ2n) is 8.98. The van der Waals surface area contributed by atoms with Crippen LogP contribution >= 0.6 is 0 Å². The van der Waals surface area contributed by atoms with Crippen LogP contribution in [0.25, 0.3) is 0 Å². The van der Waals surface area contributed by atoms with Crippen molar-refractivity contribution in [1.29, 1.82) is 0 Å². The number of nitro benzene ring substituents is 1. The highest BCUT2D eigenvalue weighted by Crippen LogP contribution is 2.38. The second-order valence-corrected chi connectivity index (χ2v) is 8.98. The van der Waals surface area contributed by atoms with Crippen molar-refractivity contribution in [3.8, 4) is 11.5 Å². The predicted octanol–water partition coefficient (Wildman–Crippen LogP) is 5.55. The summed E-state index contributed by atoms with van der Waals surface area (Å²) in [6, 6.07) is 21.9. The Balaban J connectivity index is 1.72. The number of hydrazone groups is 1. The minimum absolute atomic E-state index is 0.000420. The molecule has 3 aromatic rings. The van der Waals surface area contributed by atoms with Gasteiger partial charge in [0.15, 0.2) is 11.5 Å². The first kappa shape index (κ1) is 26.8. The average molecular weight is 517 g/mol. The molecule has 198 valence electrons. The Morgan fingerprint density at radius 1 is 1.03 bits per heavy atom. The van der Waals surface area contributed by atoms with Gasteiger partial charge in [0.05, 0.1) is 30.4 Å². The third kappa shape index (κ3) is 6.18. The summed E-state index contributed by atoms with van der Waals surface area (Å²) < 4.78 is 11.8. The molecule has 1 fully saturated rings. The quantitative estimate of drug-likeness (QED) is 0.188. The van der Waals surface area contributed by atoms with Gasteiger partial charge in [-0.15, -0.1) is 0 Å². The van der Waals surface area contributed by atoms with Crippen molar-refractivity contribution in [3.63, 3.8) is 0 Å². The van der Waals surface area contributed by atoms with E-state index in [2.05, 4.69) is 4.90 Å². The molecule has 0 unspecified atom stereocenters. The van der Waals surface area contributed by atoms with Gasteiger partial charge < -0.3 is 9.47 Å². The SMILES string of the molecule is CCCOc1ccc([C@H]2N(Cc3ccccc3)CC(=O)N2/N=C(/C)c2ccc([N+](=O)[O-])cc2)cc1OCC. The Kier molecular flexibility index (Phi) is 8.70. The summed E-state index contributed by atoms with van der Waals surface area (Å²) in [6.07, 6.45) is 0.398. The van der Waals surface area contributed by atoms with Crippen LogP contribution in [-0.4, -0.2) is 46.2 Å². The van der Waals surface area contributed by atoms with Crippen LogP contribution in [0.5, 0.6) is 11.5 Å². The summed E-state index contributed by atoms with van der Waals surface area (Å²) in [7, 11) is 0. The largest absolute Gasteiger partial charge is 0.490 e. The first-order valence-corrected chi connectivity index (χ1v) is 12.7. The average Bonchev–Trinajstić information content (AvgIpc) is 3.22. The van der Waals surface area contributed by atoms with E-state index in [0.29, 0.717) is 42.5 Å². The fourth-order valence-electron chi connectivity index (χ4n) is 4.38. The minimum Gasteiger partial charge on any atom is -0.490 e. The Morgan fingerprint density at radius 3 is 2.42 bits per heavy atom. The van der Waals surface area contributed by atoms with Crippen molar-refractivity contribution in [2.75, 3.05) is 19.8 Å². The van der Waals surface area contributed by atoms with Gasteiger partial charge in [0.2, 0.25) is 0 Å². The van der Waals surface area contributed by atoms with Crippen LogP contribution in [0.4, 0.5) is 5.69 Å². The minimum atomic E-state index is -0.477. The molecule has 1 amide bonds. The molecule has 0 aromatic heterocycles. The molecule has 0 bridgehead atoms. The highest BCUT2D eigenvalue weighted by molar-refractivity contribution is 5.99. The van der Waals surface area contributed by atoms with Gasteiger partial charge in [-0.25, -0.2) is 5.01 Å². The van der Waals surface area contributed by atoms with E-state index in [0.717, 1.165) is 17.5 Å². The number of hydrogen-bond donors (Lipinski definition) is 0. The van der Waals surface area contributed by atoms with Crippen molar-refractivity contribution in [3.05, 3.63) is 99.6 Å². The van der Waals surface area contributed by atoms with E-state index >= 15 is 0 Å². The van der Waals surface area contributed by atoms with Crippen LogP contribution < -0.4 is 9.47 Å². The van der Waals surface area contributed by atoms with Crippen LogP contribution in [0.3, 0.4) is 0 Å². The molecular weight excluding hydrogens is 484 g/mol. The second kappa shape index (κ2) is 12.3. The van der Waals surface area contributed by atoms with Crippen molar-refractivity contribution in [2.24, 2.45) is 5.10 Å². The van der Waals surface area contributed by atoms with Crippen LogP contribution in [0, 0.1) is 10.1 Å². The molecule has 9 heteroatoms. The van der Waals surface area contributed by atoms with E-state index in [1.807, 2.05) is 62.4 Å². The monoisotopic (exact) mass is 516 g/mol. The lowest BCUT2D eigenvalue weighted by atomic mass is 10.1. The third-order valence-electron chi connectivity index (χ3n) is 6.18. The summed E-state index contributed by atoms with van der Waals surface area (Å²) in [5.41, 5.74) is 3.20. The lowest BCUT2D eigenvalue weighted by Crippen LogP contribution is -2.29. The highest BCUT2D eigenvalue weighted by atomic mass is 16.6. The van der Waals surface area contributed by atoms with Gasteiger partial charge in [-0.1, -0.05) is 43.3 Å². The van der Waals surface area contributed by atoms with Crippen molar-refractivity contribution in [1.82, 2.24) is 9.91 Å². The predicted molar refractivity (Wildman–Crippen MR) is 145 cm³/mol. The highest BCUT2D eigenvalue weighted by Gasteiger charge is 2.39. The van der Waals surface area contributed by atoms with Crippen molar-refractivity contribution in [2.45, 2.75) is 39.9 Å². The van der Waals surface area contributed by atoms with Gasteiger partial charge in [0, 0.05) is 18.7 Å². The van der Waals surface area contributed by atoms with Gasteiger partial charge >= 0.3 is 0 Å². The summed E-state index contributed by atoms with van der Waals surface area (Å²) >= 11 is 0. The van der Waals surface area contributed by atoms with E-state index in [1.165, 1.54) is 17.1 Å². The number of carbonyl (C=O) groups excluding carboxylic acids is 1. The molecule has 0 radical (unpaired) electrons. The number of benzene rings is 3. The number of amides is 1. The molecule has 0 spiro atoms. The van der Waals surface area contributed by atoms with Crippen LogP contribution in [0.15, 0.2) is 77.9 Å². The van der Waals surface area contributed by atoms with E-state index in [4.69, 9.17) is 14.6 Å². The van der Waals surface area contributed by atoms with Gasteiger partial charge in [-0.2, -0.15) is 5.10 Å². The zero-order chi connectivity index (χ0) is 27.1. The number of rotatable bonds is 11. The maximum Gasteiger partial charge on any atom is 0.269 e. The number of hydrogen-bond acceptors (Lipinski definition) is 7. The Morgan fingerprint density at radius 2 is 1.76 bits per heavy atom. The molecule has 0 N–H and O–H groups in total. The lowest BCUT2D eigenvalue weighted by molar-refractivity contribution is -0.384. The Hall–Kier alpha value is -4.24. The molecule has 1 atom stereocenters. The van der Waals surface area contributed by atoms with Gasteiger partial charge in [-0.05, 0) is 61.2 Å². The molecule has 1 saturated heterocycles. The lowest BCUT2D eigenvalue weighted by Gasteiger charge is -2.28. The molecule has 38 heavy (non-hydrogen) atoms. The fourth-order valence-corrected chi connectivity index (χ4v) is 4.38. The molecule has 4 rings (SSSR count). The van der Waals surface area contributed by atoms with Crippen LogP contribution in [-0.2, 0) is 11.3 Å². The zero-order valence-electron chi connectivity index (χ0n) is 21.9. The summed E-state index contributed by atoms with van der Waals surface area (Å²) in [6.45, 7) is 7.55. The molecule has 1 aliphatic heterocycles.